The van der Waals surface area contributed by atoms with Gasteiger partial charge >= 0.3 is 0 Å². The summed E-state index contributed by atoms with van der Waals surface area (Å²) in [6.07, 6.45) is -0.147. The van der Waals surface area contributed by atoms with Crippen LogP contribution in [0.3, 0.4) is 0 Å². The van der Waals surface area contributed by atoms with E-state index in [1.165, 1.54) is 0 Å². The molecule has 0 radical (unpaired) electrons. The highest BCUT2D eigenvalue weighted by molar-refractivity contribution is 5.39. The molecule has 2 saturated heterocycles. The predicted octanol–water partition coefficient (Wildman–Crippen LogP) is 3.49. The second kappa shape index (κ2) is 5.85. The zero-order chi connectivity index (χ0) is 18.3. The quantitative estimate of drug-likeness (QED) is 0.843. The number of rotatable bonds is 3. The van der Waals surface area contributed by atoms with Gasteiger partial charge in [0, 0.05) is 11.5 Å². The molecule has 25 heavy (non-hydrogen) atoms. The highest BCUT2D eigenvalue weighted by atomic mass is 16.7. The van der Waals surface area contributed by atoms with E-state index in [9.17, 15) is 15.8 Å². The van der Waals surface area contributed by atoms with Crippen molar-refractivity contribution in [1.29, 1.82) is 15.8 Å². The molecule has 3 rings (SSSR count). The van der Waals surface area contributed by atoms with E-state index in [-0.39, 0.29) is 12.5 Å². The summed E-state index contributed by atoms with van der Waals surface area (Å²) in [4.78, 5) is 0. The van der Waals surface area contributed by atoms with Gasteiger partial charge in [-0.05, 0) is 12.3 Å². The van der Waals surface area contributed by atoms with Crippen molar-refractivity contribution in [1.82, 2.24) is 0 Å². The number of ether oxygens (including phenoxy) is 2. The lowest BCUT2D eigenvalue weighted by molar-refractivity contribution is -0.303. The van der Waals surface area contributed by atoms with E-state index in [0.29, 0.717) is 6.42 Å². The van der Waals surface area contributed by atoms with Crippen LogP contribution in [0, 0.1) is 56.7 Å². The van der Waals surface area contributed by atoms with Crippen molar-refractivity contribution in [2.75, 3.05) is 6.61 Å². The Morgan fingerprint density at radius 2 is 1.76 bits per heavy atom. The number of benzene rings is 1. The van der Waals surface area contributed by atoms with E-state index in [2.05, 4.69) is 18.2 Å². The van der Waals surface area contributed by atoms with E-state index >= 15 is 0 Å². The van der Waals surface area contributed by atoms with Crippen LogP contribution in [0.1, 0.15) is 32.8 Å². The minimum absolute atomic E-state index is 0.0151. The Morgan fingerprint density at radius 1 is 1.12 bits per heavy atom. The van der Waals surface area contributed by atoms with Crippen LogP contribution in [0.4, 0.5) is 0 Å². The first-order valence-corrected chi connectivity index (χ1v) is 8.59. The Morgan fingerprint density at radius 3 is 2.24 bits per heavy atom. The second-order valence-electron chi connectivity index (χ2n) is 7.18. The van der Waals surface area contributed by atoms with Gasteiger partial charge in [0.1, 0.15) is 5.41 Å². The molecule has 1 aromatic carbocycles. The summed E-state index contributed by atoms with van der Waals surface area (Å²) in [7, 11) is 0. The molecular formula is C20H21N3O2. The molecular weight excluding hydrogens is 314 g/mol. The molecule has 2 fully saturated rings. The van der Waals surface area contributed by atoms with Crippen LogP contribution in [0.25, 0.3) is 0 Å². The van der Waals surface area contributed by atoms with Gasteiger partial charge in [0.25, 0.3) is 0 Å². The molecule has 128 valence electrons. The zero-order valence-corrected chi connectivity index (χ0v) is 14.7. The van der Waals surface area contributed by atoms with E-state index in [0.717, 1.165) is 5.56 Å². The summed E-state index contributed by atoms with van der Waals surface area (Å²) >= 11 is 0. The first-order valence-electron chi connectivity index (χ1n) is 8.59. The van der Waals surface area contributed by atoms with Gasteiger partial charge in [-0.3, -0.25) is 0 Å². The maximum atomic E-state index is 10.1. The van der Waals surface area contributed by atoms with E-state index in [4.69, 9.17) is 9.47 Å². The molecule has 2 bridgehead atoms. The van der Waals surface area contributed by atoms with Crippen LogP contribution in [0.2, 0.25) is 0 Å². The van der Waals surface area contributed by atoms with Gasteiger partial charge in [-0.2, -0.15) is 15.8 Å². The molecule has 1 aromatic rings. The summed E-state index contributed by atoms with van der Waals surface area (Å²) in [5, 5.41) is 30.1. The Hall–Kier alpha value is -2.39. The van der Waals surface area contributed by atoms with Crippen molar-refractivity contribution in [3.8, 4) is 18.2 Å². The number of fused-ring (bicyclic) bond motifs is 2. The van der Waals surface area contributed by atoms with Crippen molar-refractivity contribution in [3.05, 3.63) is 35.9 Å². The predicted molar refractivity (Wildman–Crippen MR) is 89.3 cm³/mol. The largest absolute Gasteiger partial charge is 0.344 e. The molecule has 4 atom stereocenters. The summed E-state index contributed by atoms with van der Waals surface area (Å²) in [6, 6.07) is 16.2. The van der Waals surface area contributed by atoms with Gasteiger partial charge < -0.3 is 9.47 Å². The van der Waals surface area contributed by atoms with Gasteiger partial charge in [0.2, 0.25) is 0 Å². The fourth-order valence-corrected chi connectivity index (χ4v) is 4.61. The molecule has 0 spiro atoms. The molecule has 0 aliphatic carbocycles. The van der Waals surface area contributed by atoms with Gasteiger partial charge in [0.05, 0.1) is 30.9 Å². The topological polar surface area (TPSA) is 89.8 Å². The molecule has 2 heterocycles. The minimum Gasteiger partial charge on any atom is -0.344 e. The maximum absolute atomic E-state index is 10.1. The summed E-state index contributed by atoms with van der Waals surface area (Å²) < 4.78 is 12.6. The van der Waals surface area contributed by atoms with E-state index in [1.807, 2.05) is 51.1 Å². The van der Waals surface area contributed by atoms with Gasteiger partial charge in [-0.15, -0.1) is 0 Å². The number of hydrogen-bond donors (Lipinski definition) is 0. The Balaban J connectivity index is 2.30. The fraction of sp³-hybridized carbons (Fsp3) is 0.550. The third-order valence-corrected chi connectivity index (χ3v) is 5.74. The fourth-order valence-electron chi connectivity index (χ4n) is 4.61. The Bertz CT molecular complexity index is 772. The van der Waals surface area contributed by atoms with E-state index in [1.54, 1.807) is 0 Å². The SMILES string of the molecule is CCC1C2(c3ccccc3)OCC1(C#N)C(C#N)(C#N)C(C(C)C)O2. The smallest absolute Gasteiger partial charge is 0.199 e. The highest BCUT2D eigenvalue weighted by Gasteiger charge is 2.76. The van der Waals surface area contributed by atoms with Gasteiger partial charge in [-0.25, -0.2) is 0 Å². The lowest BCUT2D eigenvalue weighted by atomic mass is 9.52. The van der Waals surface area contributed by atoms with Crippen LogP contribution in [-0.2, 0) is 15.3 Å². The maximum Gasteiger partial charge on any atom is 0.199 e. The molecule has 0 N–H and O–H groups in total. The third kappa shape index (κ3) is 1.93. The molecule has 2 aliphatic rings. The lowest BCUT2D eigenvalue weighted by Crippen LogP contribution is -2.62. The van der Waals surface area contributed by atoms with Crippen molar-refractivity contribution in [3.63, 3.8) is 0 Å². The van der Waals surface area contributed by atoms with Crippen molar-refractivity contribution < 1.29 is 9.47 Å². The highest BCUT2D eigenvalue weighted by Crippen LogP contribution is 2.66. The first kappa shape index (κ1) is 17.4. The molecule has 4 unspecified atom stereocenters. The lowest BCUT2D eigenvalue weighted by Gasteiger charge is -2.52. The van der Waals surface area contributed by atoms with Crippen LogP contribution >= 0.6 is 0 Å². The van der Waals surface area contributed by atoms with Gasteiger partial charge in [0.15, 0.2) is 11.2 Å². The van der Waals surface area contributed by atoms with Crippen LogP contribution in [0.15, 0.2) is 30.3 Å². The number of hydrogen-bond acceptors (Lipinski definition) is 5. The Labute approximate surface area is 148 Å². The van der Waals surface area contributed by atoms with Crippen molar-refractivity contribution in [2.24, 2.45) is 22.7 Å². The summed E-state index contributed by atoms with van der Waals surface area (Å²) in [5.74, 6) is -1.62. The second-order valence-corrected chi connectivity index (χ2v) is 7.18. The average molecular weight is 335 g/mol. The summed E-state index contributed by atoms with van der Waals surface area (Å²) in [6.45, 7) is 5.77. The number of nitriles is 3. The minimum atomic E-state index is -1.56. The molecule has 0 saturated carbocycles. The van der Waals surface area contributed by atoms with Crippen molar-refractivity contribution >= 4 is 0 Å². The molecule has 2 aliphatic heterocycles. The van der Waals surface area contributed by atoms with Crippen LogP contribution < -0.4 is 0 Å². The Kier molecular flexibility index (Phi) is 4.08. The molecule has 0 amide bonds. The average Bonchev–Trinajstić information content (AvgIpc) is 2.92. The summed E-state index contributed by atoms with van der Waals surface area (Å²) in [5.41, 5.74) is -1.96. The standard InChI is InChI=1S/C20H21N3O2/c1-4-16-19(12-23)13-24-20(16,15-8-6-5-7-9-15)25-17(14(2)3)18(19,10-21)11-22/h5-9,14,16-17H,4,13H2,1-3H3. The molecule has 0 aromatic heterocycles. The van der Waals surface area contributed by atoms with Gasteiger partial charge in [-0.1, -0.05) is 51.1 Å². The third-order valence-electron chi connectivity index (χ3n) is 5.74. The molecule has 5 heteroatoms. The monoisotopic (exact) mass is 335 g/mol. The van der Waals surface area contributed by atoms with Crippen LogP contribution in [-0.4, -0.2) is 12.7 Å². The van der Waals surface area contributed by atoms with Crippen molar-refractivity contribution in [2.45, 2.75) is 39.1 Å². The van der Waals surface area contributed by atoms with E-state index < -0.39 is 28.6 Å². The van der Waals surface area contributed by atoms with Crippen LogP contribution in [0.5, 0.6) is 0 Å². The molecule has 5 nitrogen and oxygen atoms in total. The number of nitrogens with zero attached hydrogens (tertiary/aromatic N) is 3. The zero-order valence-electron chi connectivity index (χ0n) is 14.7. The normalized spacial score (nSPS) is 35.6. The first-order chi connectivity index (χ1) is 12.0.